The lowest BCUT2D eigenvalue weighted by atomic mass is 10.1. The minimum atomic E-state index is -0.764. The fourth-order valence-electron chi connectivity index (χ4n) is 4.41. The highest BCUT2D eigenvalue weighted by Gasteiger charge is 2.26. The fraction of sp³-hybridized carbons (Fsp3) is 0.571. The van der Waals surface area contributed by atoms with Crippen LogP contribution in [-0.2, 0) is 4.79 Å². The highest BCUT2D eigenvalue weighted by molar-refractivity contribution is 5.81. The van der Waals surface area contributed by atoms with Crippen LogP contribution in [0.25, 0.3) is 11.0 Å². The molecule has 0 spiro atoms. The molecule has 2 aliphatic heterocycles. The summed E-state index contributed by atoms with van der Waals surface area (Å²) in [6, 6.07) is 8.38. The van der Waals surface area contributed by atoms with Crippen LogP contribution in [0.15, 0.2) is 24.3 Å². The van der Waals surface area contributed by atoms with Crippen molar-refractivity contribution in [3.05, 3.63) is 24.3 Å². The van der Waals surface area contributed by atoms with Crippen molar-refractivity contribution in [2.24, 2.45) is 0 Å². The van der Waals surface area contributed by atoms with Crippen molar-refractivity contribution in [2.75, 3.05) is 49.6 Å². The lowest BCUT2D eigenvalue weighted by Crippen LogP contribution is -2.37. The van der Waals surface area contributed by atoms with Crippen LogP contribution in [-0.4, -0.2) is 71.8 Å². The van der Waals surface area contributed by atoms with Crippen molar-refractivity contribution in [1.29, 1.82) is 0 Å². The molecule has 0 radical (unpaired) electrons. The molecule has 4 rings (SSSR count). The molecule has 0 amide bonds. The van der Waals surface area contributed by atoms with E-state index in [1.165, 1.54) is 12.8 Å². The molecule has 0 aliphatic carbocycles. The number of likely N-dealkylation sites (N-methyl/N-ethyl adjacent to an activating group) is 1. The number of hydrogen-bond acceptors (Lipinski definition) is 6. The van der Waals surface area contributed by atoms with Crippen LogP contribution in [0.4, 0.5) is 11.6 Å². The maximum absolute atomic E-state index is 11.1. The number of aromatic nitrogens is 2. The van der Waals surface area contributed by atoms with Crippen molar-refractivity contribution < 1.29 is 9.90 Å². The third-order valence-electron chi connectivity index (χ3n) is 5.95. The number of anilines is 2. The van der Waals surface area contributed by atoms with E-state index in [2.05, 4.69) is 9.80 Å². The summed E-state index contributed by atoms with van der Waals surface area (Å²) in [7, 11) is 1.92. The molecule has 0 bridgehead atoms. The number of rotatable bonds is 5. The number of carbonyl (C=O) groups is 1. The van der Waals surface area contributed by atoms with Gasteiger partial charge in [0.15, 0.2) is 11.6 Å². The van der Waals surface area contributed by atoms with Gasteiger partial charge in [-0.3, -0.25) is 9.69 Å². The van der Waals surface area contributed by atoms with Crippen molar-refractivity contribution in [3.63, 3.8) is 0 Å². The molecular formula is C21H29N5O2. The number of carboxylic acids is 1. The van der Waals surface area contributed by atoms with Gasteiger partial charge in [0.2, 0.25) is 0 Å². The predicted molar refractivity (Wildman–Crippen MR) is 111 cm³/mol. The summed E-state index contributed by atoms with van der Waals surface area (Å²) in [5, 5.41) is 9.10. The second-order valence-corrected chi connectivity index (χ2v) is 7.93. The fourth-order valence-corrected chi connectivity index (χ4v) is 4.41. The summed E-state index contributed by atoms with van der Waals surface area (Å²) < 4.78 is 0. The van der Waals surface area contributed by atoms with Crippen LogP contribution in [0.1, 0.15) is 32.1 Å². The highest BCUT2D eigenvalue weighted by Crippen LogP contribution is 2.32. The molecule has 2 saturated heterocycles. The molecule has 7 nitrogen and oxygen atoms in total. The number of carboxylic acid groups (broad SMARTS) is 1. The molecule has 150 valence electrons. The third-order valence-corrected chi connectivity index (χ3v) is 5.95. The summed E-state index contributed by atoms with van der Waals surface area (Å²) >= 11 is 0. The van der Waals surface area contributed by atoms with Crippen molar-refractivity contribution in [2.45, 2.75) is 38.1 Å². The molecule has 2 aliphatic rings. The van der Waals surface area contributed by atoms with E-state index in [1.807, 2.05) is 36.2 Å². The second-order valence-electron chi connectivity index (χ2n) is 7.93. The zero-order chi connectivity index (χ0) is 19.5. The van der Waals surface area contributed by atoms with Gasteiger partial charge in [-0.25, -0.2) is 9.97 Å². The zero-order valence-corrected chi connectivity index (χ0v) is 16.5. The van der Waals surface area contributed by atoms with E-state index in [0.717, 1.165) is 68.1 Å². The SMILES string of the molecule is CN(CC(=O)O)C1CCCN(c2nc3ccccc3nc2N2CCCC2)CC1. The average molecular weight is 383 g/mol. The van der Waals surface area contributed by atoms with E-state index < -0.39 is 5.97 Å². The van der Waals surface area contributed by atoms with Gasteiger partial charge in [0.05, 0.1) is 17.6 Å². The van der Waals surface area contributed by atoms with Gasteiger partial charge < -0.3 is 14.9 Å². The van der Waals surface area contributed by atoms with Crippen LogP contribution >= 0.6 is 0 Å². The minimum absolute atomic E-state index is 0.0967. The Balaban J connectivity index is 1.60. The minimum Gasteiger partial charge on any atom is -0.480 e. The van der Waals surface area contributed by atoms with Gasteiger partial charge in [0, 0.05) is 32.2 Å². The normalized spacial score (nSPS) is 20.7. The number of hydrogen-bond donors (Lipinski definition) is 1. The van der Waals surface area contributed by atoms with Crippen molar-refractivity contribution in [3.8, 4) is 0 Å². The Morgan fingerprint density at radius 2 is 1.57 bits per heavy atom. The van der Waals surface area contributed by atoms with Crippen LogP contribution in [0.5, 0.6) is 0 Å². The summed E-state index contributed by atoms with van der Waals surface area (Å²) in [6.07, 6.45) is 5.40. The molecule has 2 aromatic rings. The van der Waals surface area contributed by atoms with E-state index in [-0.39, 0.29) is 6.54 Å². The molecular weight excluding hydrogens is 354 g/mol. The lowest BCUT2D eigenvalue weighted by molar-refractivity contribution is -0.138. The Morgan fingerprint density at radius 1 is 1.00 bits per heavy atom. The van der Waals surface area contributed by atoms with Crippen molar-refractivity contribution in [1.82, 2.24) is 14.9 Å². The first-order valence-corrected chi connectivity index (χ1v) is 10.3. The van der Waals surface area contributed by atoms with Crippen LogP contribution in [0.2, 0.25) is 0 Å². The predicted octanol–water partition coefficient (Wildman–Crippen LogP) is 2.61. The molecule has 0 saturated carbocycles. The van der Waals surface area contributed by atoms with E-state index in [4.69, 9.17) is 15.1 Å². The van der Waals surface area contributed by atoms with Gasteiger partial charge >= 0.3 is 5.97 Å². The van der Waals surface area contributed by atoms with Gasteiger partial charge in [-0.05, 0) is 51.3 Å². The first-order chi connectivity index (χ1) is 13.6. The molecule has 1 aromatic heterocycles. The van der Waals surface area contributed by atoms with E-state index in [9.17, 15) is 4.79 Å². The average Bonchev–Trinajstić information content (AvgIpc) is 3.10. The number of fused-ring (bicyclic) bond motifs is 1. The Bertz CT molecular complexity index is 837. The Labute approximate surface area is 166 Å². The van der Waals surface area contributed by atoms with Crippen LogP contribution in [0, 0.1) is 0 Å². The molecule has 1 aromatic carbocycles. The standard InChI is InChI=1S/C21H29N5O2/c1-24(15-19(27)28)16-7-6-13-26(14-10-16)21-20(25-11-4-5-12-25)22-17-8-2-3-9-18(17)23-21/h2-3,8-9,16H,4-7,10-15H2,1H3,(H,27,28). The quantitative estimate of drug-likeness (QED) is 0.851. The smallest absolute Gasteiger partial charge is 0.317 e. The summed E-state index contributed by atoms with van der Waals surface area (Å²) in [4.78, 5) is 27.8. The van der Waals surface area contributed by atoms with Gasteiger partial charge in [-0.2, -0.15) is 0 Å². The molecule has 1 unspecified atom stereocenters. The van der Waals surface area contributed by atoms with E-state index in [1.54, 1.807) is 0 Å². The van der Waals surface area contributed by atoms with Crippen LogP contribution in [0.3, 0.4) is 0 Å². The van der Waals surface area contributed by atoms with Gasteiger partial charge in [-0.1, -0.05) is 12.1 Å². The van der Waals surface area contributed by atoms with Crippen molar-refractivity contribution >= 4 is 28.6 Å². The Kier molecular flexibility index (Phi) is 5.62. The van der Waals surface area contributed by atoms with Gasteiger partial charge in [0.1, 0.15) is 0 Å². The first-order valence-electron chi connectivity index (χ1n) is 10.3. The summed E-state index contributed by atoms with van der Waals surface area (Å²) in [6.45, 7) is 3.99. The first kappa shape index (κ1) is 18.9. The van der Waals surface area contributed by atoms with Gasteiger partial charge in [-0.15, -0.1) is 0 Å². The van der Waals surface area contributed by atoms with Crippen LogP contribution < -0.4 is 9.80 Å². The number of para-hydroxylation sites is 2. The Hall–Kier alpha value is -2.41. The monoisotopic (exact) mass is 383 g/mol. The maximum atomic E-state index is 11.1. The van der Waals surface area contributed by atoms with E-state index in [0.29, 0.717) is 6.04 Å². The van der Waals surface area contributed by atoms with E-state index >= 15 is 0 Å². The number of benzene rings is 1. The molecule has 7 heteroatoms. The second kappa shape index (κ2) is 8.31. The topological polar surface area (TPSA) is 72.8 Å². The largest absolute Gasteiger partial charge is 0.480 e. The summed E-state index contributed by atoms with van der Waals surface area (Å²) in [5.41, 5.74) is 1.88. The molecule has 3 heterocycles. The molecule has 1 atom stereocenters. The zero-order valence-electron chi connectivity index (χ0n) is 16.5. The summed E-state index contributed by atoms with van der Waals surface area (Å²) in [5.74, 6) is 1.23. The molecule has 2 fully saturated rings. The Morgan fingerprint density at radius 3 is 2.18 bits per heavy atom. The lowest BCUT2D eigenvalue weighted by Gasteiger charge is -2.28. The molecule has 28 heavy (non-hydrogen) atoms. The third kappa shape index (κ3) is 4.04. The highest BCUT2D eigenvalue weighted by atomic mass is 16.4. The maximum Gasteiger partial charge on any atom is 0.317 e. The molecule has 1 N–H and O–H groups in total. The number of aliphatic carboxylic acids is 1. The van der Waals surface area contributed by atoms with Gasteiger partial charge in [0.25, 0.3) is 0 Å². The number of nitrogens with zero attached hydrogens (tertiary/aromatic N) is 5.